The minimum Gasteiger partial charge on any atom is -0.406 e. The SMILES string of the molecule is CN(Cc1cnn(C)c1)S(=O)(=O)c1ccc(OC(F)(F)F)cc1. The summed E-state index contributed by atoms with van der Waals surface area (Å²) in [6, 6.07) is 4.04. The lowest BCUT2D eigenvalue weighted by Gasteiger charge is -2.16. The smallest absolute Gasteiger partial charge is 0.406 e. The van der Waals surface area contributed by atoms with Gasteiger partial charge in [-0.15, -0.1) is 13.2 Å². The van der Waals surface area contributed by atoms with Crippen molar-refractivity contribution in [1.82, 2.24) is 14.1 Å². The molecule has 0 aliphatic heterocycles. The lowest BCUT2D eigenvalue weighted by molar-refractivity contribution is -0.274. The molecule has 0 atom stereocenters. The molecule has 23 heavy (non-hydrogen) atoms. The molecule has 6 nitrogen and oxygen atoms in total. The number of hydrogen-bond acceptors (Lipinski definition) is 4. The van der Waals surface area contributed by atoms with E-state index in [1.165, 1.54) is 13.2 Å². The molecule has 0 bridgehead atoms. The van der Waals surface area contributed by atoms with Gasteiger partial charge in [0.05, 0.1) is 11.1 Å². The zero-order chi connectivity index (χ0) is 17.3. The summed E-state index contributed by atoms with van der Waals surface area (Å²) in [6.07, 6.45) is -1.62. The third kappa shape index (κ3) is 4.45. The molecule has 0 saturated heterocycles. The first-order valence-electron chi connectivity index (χ1n) is 6.37. The molecule has 0 fully saturated rings. The summed E-state index contributed by atoms with van der Waals surface area (Å²) in [7, 11) is -0.746. The van der Waals surface area contributed by atoms with Crippen molar-refractivity contribution in [2.45, 2.75) is 17.8 Å². The van der Waals surface area contributed by atoms with Crippen LogP contribution in [-0.4, -0.2) is 35.9 Å². The van der Waals surface area contributed by atoms with E-state index in [0.717, 1.165) is 28.6 Å². The summed E-state index contributed by atoms with van der Waals surface area (Å²) in [4.78, 5) is -0.126. The van der Waals surface area contributed by atoms with Gasteiger partial charge in [0.1, 0.15) is 5.75 Å². The molecular formula is C13H14F3N3O3S. The molecule has 0 spiro atoms. The number of halogens is 3. The molecule has 0 saturated carbocycles. The van der Waals surface area contributed by atoms with E-state index in [9.17, 15) is 21.6 Å². The van der Waals surface area contributed by atoms with Crippen molar-refractivity contribution < 1.29 is 26.3 Å². The zero-order valence-electron chi connectivity index (χ0n) is 12.3. The molecule has 0 aliphatic carbocycles. The van der Waals surface area contributed by atoms with E-state index in [2.05, 4.69) is 9.84 Å². The van der Waals surface area contributed by atoms with E-state index in [-0.39, 0.29) is 11.4 Å². The number of sulfonamides is 1. The molecule has 1 heterocycles. The van der Waals surface area contributed by atoms with Crippen LogP contribution in [0.15, 0.2) is 41.6 Å². The molecule has 0 N–H and O–H groups in total. The van der Waals surface area contributed by atoms with Crippen LogP contribution in [0, 0.1) is 0 Å². The van der Waals surface area contributed by atoms with Gasteiger partial charge >= 0.3 is 6.36 Å². The summed E-state index contributed by atoms with van der Waals surface area (Å²) in [6.45, 7) is 0.0942. The number of nitrogens with zero attached hydrogens (tertiary/aromatic N) is 3. The van der Waals surface area contributed by atoms with Crippen LogP contribution in [0.3, 0.4) is 0 Å². The van der Waals surface area contributed by atoms with Crippen LogP contribution in [0.4, 0.5) is 13.2 Å². The predicted octanol–water partition coefficient (Wildman–Crippen LogP) is 2.14. The zero-order valence-corrected chi connectivity index (χ0v) is 13.1. The second-order valence-electron chi connectivity index (χ2n) is 4.80. The largest absolute Gasteiger partial charge is 0.573 e. The average molecular weight is 349 g/mol. The molecule has 126 valence electrons. The van der Waals surface area contributed by atoms with Crippen molar-refractivity contribution in [1.29, 1.82) is 0 Å². The third-order valence-electron chi connectivity index (χ3n) is 2.93. The van der Waals surface area contributed by atoms with Gasteiger partial charge < -0.3 is 4.74 Å². The number of rotatable bonds is 5. The second kappa shape index (κ2) is 6.20. The Bertz CT molecular complexity index is 770. The van der Waals surface area contributed by atoms with Crippen molar-refractivity contribution in [2.24, 2.45) is 7.05 Å². The fourth-order valence-electron chi connectivity index (χ4n) is 1.89. The predicted molar refractivity (Wildman–Crippen MR) is 75.0 cm³/mol. The van der Waals surface area contributed by atoms with Crippen LogP contribution in [-0.2, 0) is 23.6 Å². The van der Waals surface area contributed by atoms with E-state index in [1.807, 2.05) is 0 Å². The summed E-state index contributed by atoms with van der Waals surface area (Å²) >= 11 is 0. The van der Waals surface area contributed by atoms with Gasteiger partial charge in [-0.1, -0.05) is 0 Å². The lowest BCUT2D eigenvalue weighted by atomic mass is 10.3. The van der Waals surface area contributed by atoms with E-state index in [1.54, 1.807) is 17.9 Å². The average Bonchev–Trinajstić information content (AvgIpc) is 2.83. The maximum Gasteiger partial charge on any atom is 0.573 e. The van der Waals surface area contributed by atoms with Crippen molar-refractivity contribution in [3.05, 3.63) is 42.2 Å². The Morgan fingerprint density at radius 1 is 1.26 bits per heavy atom. The Kier molecular flexibility index (Phi) is 4.66. The summed E-state index contributed by atoms with van der Waals surface area (Å²) in [5, 5.41) is 3.94. The van der Waals surface area contributed by atoms with Gasteiger partial charge in [-0.25, -0.2) is 8.42 Å². The molecule has 0 aliphatic rings. The topological polar surface area (TPSA) is 64.4 Å². The normalized spacial score (nSPS) is 12.6. The lowest BCUT2D eigenvalue weighted by Crippen LogP contribution is -2.26. The first-order valence-corrected chi connectivity index (χ1v) is 7.81. The Labute approximate surface area is 131 Å². The van der Waals surface area contributed by atoms with Gasteiger partial charge in [-0.05, 0) is 24.3 Å². The van der Waals surface area contributed by atoms with E-state index in [0.29, 0.717) is 5.56 Å². The van der Waals surface area contributed by atoms with Crippen LogP contribution in [0.5, 0.6) is 5.75 Å². The minimum atomic E-state index is -4.82. The molecule has 2 aromatic rings. The molecular weight excluding hydrogens is 335 g/mol. The Balaban J connectivity index is 2.15. The molecule has 0 amide bonds. The van der Waals surface area contributed by atoms with Gasteiger partial charge in [0, 0.05) is 32.4 Å². The summed E-state index contributed by atoms with van der Waals surface area (Å²) < 4.78 is 67.4. The highest BCUT2D eigenvalue weighted by Gasteiger charge is 2.31. The van der Waals surface area contributed by atoms with Crippen LogP contribution in [0.1, 0.15) is 5.56 Å². The highest BCUT2D eigenvalue weighted by atomic mass is 32.2. The number of hydrogen-bond donors (Lipinski definition) is 0. The fraction of sp³-hybridized carbons (Fsp3) is 0.308. The van der Waals surface area contributed by atoms with Gasteiger partial charge in [0.15, 0.2) is 0 Å². The summed E-state index contributed by atoms with van der Waals surface area (Å²) in [5.74, 6) is -0.480. The minimum absolute atomic E-state index is 0.0942. The molecule has 0 radical (unpaired) electrons. The molecule has 2 rings (SSSR count). The van der Waals surface area contributed by atoms with Crippen LogP contribution in [0.25, 0.3) is 0 Å². The van der Waals surface area contributed by atoms with Crippen molar-refractivity contribution >= 4 is 10.0 Å². The number of aryl methyl sites for hydroxylation is 1. The van der Waals surface area contributed by atoms with Gasteiger partial charge in [0.2, 0.25) is 10.0 Å². The quantitative estimate of drug-likeness (QED) is 0.830. The Hall–Kier alpha value is -2.07. The first kappa shape index (κ1) is 17.3. The van der Waals surface area contributed by atoms with Crippen molar-refractivity contribution in [3.8, 4) is 5.75 Å². The van der Waals surface area contributed by atoms with E-state index < -0.39 is 22.1 Å². The monoisotopic (exact) mass is 349 g/mol. The second-order valence-corrected chi connectivity index (χ2v) is 6.85. The van der Waals surface area contributed by atoms with Gasteiger partial charge in [0.25, 0.3) is 0 Å². The van der Waals surface area contributed by atoms with Gasteiger partial charge in [-0.3, -0.25) is 4.68 Å². The van der Waals surface area contributed by atoms with Gasteiger partial charge in [-0.2, -0.15) is 9.40 Å². The number of benzene rings is 1. The Morgan fingerprint density at radius 2 is 1.87 bits per heavy atom. The van der Waals surface area contributed by atoms with Crippen LogP contribution >= 0.6 is 0 Å². The number of ether oxygens (including phenoxy) is 1. The first-order chi connectivity index (χ1) is 10.6. The van der Waals surface area contributed by atoms with Crippen LogP contribution in [0.2, 0.25) is 0 Å². The number of aromatic nitrogens is 2. The van der Waals surface area contributed by atoms with E-state index >= 15 is 0 Å². The molecule has 1 aromatic carbocycles. The molecule has 0 unspecified atom stereocenters. The third-order valence-corrected chi connectivity index (χ3v) is 4.75. The van der Waals surface area contributed by atoms with Crippen molar-refractivity contribution in [2.75, 3.05) is 7.05 Å². The standard InChI is InChI=1S/C13H14F3N3O3S/c1-18-8-10(7-17-18)9-19(2)23(20,21)12-5-3-11(4-6-12)22-13(14,15)16/h3-8H,9H2,1-2H3. The highest BCUT2D eigenvalue weighted by Crippen LogP contribution is 2.25. The fourth-order valence-corrected chi connectivity index (χ4v) is 3.05. The number of alkyl halides is 3. The molecule has 1 aromatic heterocycles. The summed E-state index contributed by atoms with van der Waals surface area (Å²) in [5.41, 5.74) is 0.690. The maximum absolute atomic E-state index is 12.4. The maximum atomic E-state index is 12.4. The molecule has 10 heteroatoms. The van der Waals surface area contributed by atoms with E-state index in [4.69, 9.17) is 0 Å². The van der Waals surface area contributed by atoms with Crippen LogP contribution < -0.4 is 4.74 Å². The Morgan fingerprint density at radius 3 is 2.35 bits per heavy atom. The van der Waals surface area contributed by atoms with Crippen molar-refractivity contribution in [3.63, 3.8) is 0 Å². The highest BCUT2D eigenvalue weighted by molar-refractivity contribution is 7.89.